The standard InChI is InChI=1S/C13H21N3O4S/c1-13(2,16-21(4,18)19)8-15-12(17)10-6-5-9(20-3)7-11(10)14/h5-7,16H,8,14H2,1-4H3,(H,15,17). The van der Waals surface area contributed by atoms with E-state index in [1.54, 1.807) is 32.0 Å². The van der Waals surface area contributed by atoms with Crippen molar-refractivity contribution in [1.29, 1.82) is 0 Å². The van der Waals surface area contributed by atoms with Crippen LogP contribution < -0.4 is 20.5 Å². The Morgan fingerprint density at radius 1 is 1.38 bits per heavy atom. The number of carbonyl (C=O) groups excluding carboxylic acids is 1. The van der Waals surface area contributed by atoms with E-state index in [9.17, 15) is 13.2 Å². The largest absolute Gasteiger partial charge is 0.497 e. The summed E-state index contributed by atoms with van der Waals surface area (Å²) in [7, 11) is -1.85. The Morgan fingerprint density at radius 3 is 2.48 bits per heavy atom. The van der Waals surface area contributed by atoms with Gasteiger partial charge in [-0.15, -0.1) is 0 Å². The maximum Gasteiger partial charge on any atom is 0.253 e. The number of carbonyl (C=O) groups is 1. The molecule has 0 atom stereocenters. The van der Waals surface area contributed by atoms with Crippen LogP contribution in [0.15, 0.2) is 18.2 Å². The first-order valence-corrected chi connectivity index (χ1v) is 8.14. The van der Waals surface area contributed by atoms with Crippen molar-refractivity contribution < 1.29 is 17.9 Å². The highest BCUT2D eigenvalue weighted by Crippen LogP contribution is 2.19. The number of sulfonamides is 1. The summed E-state index contributed by atoms with van der Waals surface area (Å²) in [4.78, 5) is 12.1. The minimum atomic E-state index is -3.35. The van der Waals surface area contributed by atoms with Crippen molar-refractivity contribution in [2.24, 2.45) is 0 Å². The number of hydrogen-bond donors (Lipinski definition) is 3. The number of benzene rings is 1. The summed E-state index contributed by atoms with van der Waals surface area (Å²) in [6, 6.07) is 4.74. The molecule has 0 spiro atoms. The molecule has 118 valence electrons. The average molecular weight is 315 g/mol. The van der Waals surface area contributed by atoms with E-state index in [1.165, 1.54) is 7.11 Å². The highest BCUT2D eigenvalue weighted by Gasteiger charge is 2.23. The molecule has 0 unspecified atom stereocenters. The van der Waals surface area contributed by atoms with Gasteiger partial charge >= 0.3 is 0 Å². The molecule has 8 heteroatoms. The maximum absolute atomic E-state index is 12.1. The van der Waals surface area contributed by atoms with Crippen LogP contribution in [0.3, 0.4) is 0 Å². The van der Waals surface area contributed by atoms with E-state index in [-0.39, 0.29) is 12.5 Å². The monoisotopic (exact) mass is 315 g/mol. The van der Waals surface area contributed by atoms with E-state index in [4.69, 9.17) is 10.5 Å². The molecule has 1 amide bonds. The van der Waals surface area contributed by atoms with Crippen LogP contribution in [0.1, 0.15) is 24.2 Å². The molecule has 1 rings (SSSR count). The second kappa shape index (κ2) is 6.31. The molecule has 0 heterocycles. The molecule has 0 radical (unpaired) electrons. The number of nitrogens with two attached hydrogens (primary N) is 1. The van der Waals surface area contributed by atoms with E-state index in [0.717, 1.165) is 6.26 Å². The van der Waals surface area contributed by atoms with Crippen molar-refractivity contribution in [3.63, 3.8) is 0 Å². The van der Waals surface area contributed by atoms with Gasteiger partial charge in [0.2, 0.25) is 10.0 Å². The fourth-order valence-electron chi connectivity index (χ4n) is 1.81. The molecule has 1 aromatic rings. The molecular formula is C13H21N3O4S. The molecule has 0 fully saturated rings. The normalized spacial score (nSPS) is 12.0. The Balaban J connectivity index is 2.74. The Kier molecular flexibility index (Phi) is 5.19. The number of rotatable bonds is 6. The minimum absolute atomic E-state index is 0.129. The first-order chi connectivity index (χ1) is 9.54. The zero-order valence-electron chi connectivity index (χ0n) is 12.6. The summed E-state index contributed by atoms with van der Waals surface area (Å²) in [5.41, 5.74) is 5.59. The minimum Gasteiger partial charge on any atom is -0.497 e. The molecule has 0 bridgehead atoms. The van der Waals surface area contributed by atoms with Crippen LogP contribution in [0, 0.1) is 0 Å². The van der Waals surface area contributed by atoms with Crippen LogP contribution in [-0.4, -0.2) is 39.8 Å². The smallest absolute Gasteiger partial charge is 0.253 e. The van der Waals surface area contributed by atoms with Gasteiger partial charge in [-0.2, -0.15) is 0 Å². The lowest BCUT2D eigenvalue weighted by atomic mass is 10.1. The molecule has 21 heavy (non-hydrogen) atoms. The van der Waals surface area contributed by atoms with Gasteiger partial charge in [0, 0.05) is 23.8 Å². The van der Waals surface area contributed by atoms with Gasteiger partial charge in [-0.05, 0) is 26.0 Å². The highest BCUT2D eigenvalue weighted by atomic mass is 32.2. The van der Waals surface area contributed by atoms with Crippen molar-refractivity contribution in [2.75, 3.05) is 25.6 Å². The summed E-state index contributed by atoms with van der Waals surface area (Å²) in [6.45, 7) is 3.47. The highest BCUT2D eigenvalue weighted by molar-refractivity contribution is 7.88. The summed E-state index contributed by atoms with van der Waals surface area (Å²) >= 11 is 0. The fraction of sp³-hybridized carbons (Fsp3) is 0.462. The number of hydrogen-bond acceptors (Lipinski definition) is 5. The molecule has 0 saturated carbocycles. The molecule has 7 nitrogen and oxygen atoms in total. The van der Waals surface area contributed by atoms with E-state index in [0.29, 0.717) is 17.0 Å². The molecular weight excluding hydrogens is 294 g/mol. The second-order valence-electron chi connectivity index (χ2n) is 5.39. The van der Waals surface area contributed by atoms with Crippen LogP contribution in [0.4, 0.5) is 5.69 Å². The van der Waals surface area contributed by atoms with Crippen molar-refractivity contribution in [1.82, 2.24) is 10.0 Å². The van der Waals surface area contributed by atoms with Crippen molar-refractivity contribution >= 4 is 21.6 Å². The first kappa shape index (κ1) is 17.3. The van der Waals surface area contributed by atoms with Crippen LogP contribution >= 0.6 is 0 Å². The summed E-state index contributed by atoms with van der Waals surface area (Å²) in [6.07, 6.45) is 1.07. The van der Waals surface area contributed by atoms with E-state index >= 15 is 0 Å². The van der Waals surface area contributed by atoms with Gasteiger partial charge in [-0.1, -0.05) is 0 Å². The maximum atomic E-state index is 12.1. The third kappa shape index (κ3) is 5.60. The lowest BCUT2D eigenvalue weighted by Gasteiger charge is -2.25. The van der Waals surface area contributed by atoms with Gasteiger partial charge in [-0.25, -0.2) is 13.1 Å². The van der Waals surface area contributed by atoms with Gasteiger partial charge in [0.15, 0.2) is 0 Å². The van der Waals surface area contributed by atoms with Crippen molar-refractivity contribution in [2.45, 2.75) is 19.4 Å². The lowest BCUT2D eigenvalue weighted by Crippen LogP contribution is -2.51. The number of ether oxygens (including phenoxy) is 1. The van der Waals surface area contributed by atoms with Crippen LogP contribution in [0.5, 0.6) is 5.75 Å². The third-order valence-corrected chi connectivity index (χ3v) is 3.58. The van der Waals surface area contributed by atoms with Gasteiger partial charge in [0.1, 0.15) is 5.75 Å². The van der Waals surface area contributed by atoms with Gasteiger partial charge in [0.05, 0.1) is 18.9 Å². The van der Waals surface area contributed by atoms with Crippen LogP contribution in [0.2, 0.25) is 0 Å². The van der Waals surface area contributed by atoms with Crippen LogP contribution in [0.25, 0.3) is 0 Å². The average Bonchev–Trinajstić information content (AvgIpc) is 2.33. The van der Waals surface area contributed by atoms with Crippen molar-refractivity contribution in [3.8, 4) is 5.75 Å². The van der Waals surface area contributed by atoms with E-state index in [2.05, 4.69) is 10.0 Å². The lowest BCUT2D eigenvalue weighted by molar-refractivity contribution is 0.0945. The van der Waals surface area contributed by atoms with E-state index < -0.39 is 15.6 Å². The molecule has 1 aromatic carbocycles. The Hall–Kier alpha value is -1.80. The molecule has 0 aromatic heterocycles. The summed E-state index contributed by atoms with van der Waals surface area (Å²) in [5, 5.41) is 2.65. The topological polar surface area (TPSA) is 111 Å². The zero-order valence-corrected chi connectivity index (χ0v) is 13.4. The molecule has 0 aliphatic heterocycles. The summed E-state index contributed by atoms with van der Waals surface area (Å²) < 4.78 is 29.9. The molecule has 0 aliphatic carbocycles. The molecule has 0 saturated heterocycles. The Labute approximate surface area is 124 Å². The molecule has 0 aliphatic rings. The quantitative estimate of drug-likeness (QED) is 0.655. The first-order valence-electron chi connectivity index (χ1n) is 6.25. The zero-order chi connectivity index (χ0) is 16.3. The van der Waals surface area contributed by atoms with Crippen molar-refractivity contribution in [3.05, 3.63) is 23.8 Å². The summed E-state index contributed by atoms with van der Waals surface area (Å²) in [5.74, 6) is 0.182. The Morgan fingerprint density at radius 2 is 2.00 bits per heavy atom. The SMILES string of the molecule is COc1ccc(C(=O)NCC(C)(C)NS(C)(=O)=O)c(N)c1. The third-order valence-electron chi connectivity index (χ3n) is 2.66. The fourth-order valence-corrected chi connectivity index (χ4v) is 2.88. The van der Waals surface area contributed by atoms with Gasteiger partial charge in [-0.3, -0.25) is 4.79 Å². The van der Waals surface area contributed by atoms with E-state index in [1.807, 2.05) is 0 Å². The predicted octanol–water partition coefficient (Wildman–Crippen LogP) is 0.335. The second-order valence-corrected chi connectivity index (χ2v) is 7.14. The number of methoxy groups -OCH3 is 1. The number of nitrogens with one attached hydrogen (secondary N) is 2. The van der Waals surface area contributed by atoms with Gasteiger partial charge < -0.3 is 15.8 Å². The Bertz CT molecular complexity index is 626. The number of anilines is 1. The van der Waals surface area contributed by atoms with Crippen LogP contribution in [-0.2, 0) is 10.0 Å². The number of nitrogen functional groups attached to an aromatic ring is 1. The predicted molar refractivity (Wildman–Crippen MR) is 81.8 cm³/mol. The number of amides is 1. The molecule has 4 N–H and O–H groups in total. The van der Waals surface area contributed by atoms with Gasteiger partial charge in [0.25, 0.3) is 5.91 Å².